The Morgan fingerprint density at radius 3 is 2.22 bits per heavy atom. The van der Waals surface area contributed by atoms with Gasteiger partial charge in [0.25, 0.3) is 0 Å². The van der Waals surface area contributed by atoms with Gasteiger partial charge in [0.1, 0.15) is 17.9 Å². The second kappa shape index (κ2) is 6.96. The van der Waals surface area contributed by atoms with E-state index in [0.29, 0.717) is 11.4 Å². The second-order valence-electron chi connectivity index (χ2n) is 5.51. The highest BCUT2D eigenvalue weighted by Gasteiger charge is 2.24. The van der Waals surface area contributed by atoms with Gasteiger partial charge < -0.3 is 15.4 Å². The third kappa shape index (κ3) is 4.85. The predicted octanol–water partition coefficient (Wildman–Crippen LogP) is 3.09. The Morgan fingerprint density at radius 2 is 1.57 bits per heavy atom. The molecule has 0 heterocycles. The fourth-order valence-electron chi connectivity index (χ4n) is 2.09. The van der Waals surface area contributed by atoms with Crippen LogP contribution in [-0.2, 0) is 9.59 Å². The number of nitrogens with one attached hydrogen (secondary N) is 2. The number of rotatable bonds is 6. The Bertz CT molecular complexity index is 679. The van der Waals surface area contributed by atoms with Gasteiger partial charge in [-0.3, -0.25) is 9.59 Å². The summed E-state index contributed by atoms with van der Waals surface area (Å²) in [4.78, 5) is 23.4. The average Bonchev–Trinajstić information content (AvgIpc) is 3.34. The molecule has 3 rings (SSSR count). The van der Waals surface area contributed by atoms with Crippen LogP contribution in [0.4, 0.5) is 5.69 Å². The first-order valence-electron chi connectivity index (χ1n) is 7.61. The summed E-state index contributed by atoms with van der Waals surface area (Å²) < 4.78 is 5.68. The summed E-state index contributed by atoms with van der Waals surface area (Å²) in [6.07, 6.45) is 1.87. The SMILES string of the molecule is O=C(CC(=O)NC1CC1)Nc1ccc(Oc2ccccc2)cc1. The normalized spacial score (nSPS) is 13.2. The first kappa shape index (κ1) is 15.1. The van der Waals surface area contributed by atoms with Gasteiger partial charge in [-0.05, 0) is 49.2 Å². The third-order valence-corrected chi connectivity index (χ3v) is 3.38. The topological polar surface area (TPSA) is 67.4 Å². The molecule has 0 aromatic heterocycles. The molecule has 5 nitrogen and oxygen atoms in total. The lowest BCUT2D eigenvalue weighted by molar-refractivity contribution is -0.126. The molecule has 118 valence electrons. The van der Waals surface area contributed by atoms with Crippen molar-refractivity contribution in [3.63, 3.8) is 0 Å². The molecule has 0 atom stereocenters. The van der Waals surface area contributed by atoms with Crippen LogP contribution in [0.25, 0.3) is 0 Å². The lowest BCUT2D eigenvalue weighted by atomic mass is 10.2. The summed E-state index contributed by atoms with van der Waals surface area (Å²) in [6, 6.07) is 16.8. The fourth-order valence-corrected chi connectivity index (χ4v) is 2.09. The lowest BCUT2D eigenvalue weighted by Crippen LogP contribution is -2.29. The first-order valence-corrected chi connectivity index (χ1v) is 7.61. The molecule has 1 aliphatic carbocycles. The van der Waals surface area contributed by atoms with Crippen molar-refractivity contribution >= 4 is 17.5 Å². The molecule has 2 aromatic rings. The molecule has 5 heteroatoms. The molecule has 0 radical (unpaired) electrons. The monoisotopic (exact) mass is 310 g/mol. The van der Waals surface area contributed by atoms with E-state index in [1.807, 2.05) is 30.3 Å². The van der Waals surface area contributed by atoms with Crippen LogP contribution in [0, 0.1) is 0 Å². The largest absolute Gasteiger partial charge is 0.457 e. The maximum atomic E-state index is 11.8. The number of para-hydroxylation sites is 1. The van der Waals surface area contributed by atoms with Crippen LogP contribution in [0.5, 0.6) is 11.5 Å². The molecule has 0 saturated heterocycles. The summed E-state index contributed by atoms with van der Waals surface area (Å²) in [5.74, 6) is 0.885. The summed E-state index contributed by atoms with van der Waals surface area (Å²) in [5, 5.41) is 5.49. The number of hydrogen-bond donors (Lipinski definition) is 2. The molecule has 0 bridgehead atoms. The highest BCUT2D eigenvalue weighted by Crippen LogP contribution is 2.22. The standard InChI is InChI=1S/C18H18N2O3/c21-17(19-13-6-7-13)12-18(22)20-14-8-10-16(11-9-14)23-15-4-2-1-3-5-15/h1-5,8-11,13H,6-7,12H2,(H,19,21)(H,20,22). The van der Waals surface area contributed by atoms with Crippen molar-refractivity contribution in [1.82, 2.24) is 5.32 Å². The highest BCUT2D eigenvalue weighted by molar-refractivity contribution is 6.03. The van der Waals surface area contributed by atoms with Crippen molar-refractivity contribution < 1.29 is 14.3 Å². The fraction of sp³-hybridized carbons (Fsp3) is 0.222. The van der Waals surface area contributed by atoms with Crippen molar-refractivity contribution in [2.24, 2.45) is 0 Å². The average molecular weight is 310 g/mol. The molecule has 0 unspecified atom stereocenters. The van der Waals surface area contributed by atoms with Crippen LogP contribution < -0.4 is 15.4 Å². The van der Waals surface area contributed by atoms with Gasteiger partial charge in [0.2, 0.25) is 11.8 Å². The summed E-state index contributed by atoms with van der Waals surface area (Å²) in [7, 11) is 0. The molecule has 1 saturated carbocycles. The van der Waals surface area contributed by atoms with Crippen LogP contribution in [0.3, 0.4) is 0 Å². The summed E-state index contributed by atoms with van der Waals surface area (Å²) in [5.41, 5.74) is 0.634. The van der Waals surface area contributed by atoms with Gasteiger partial charge in [-0.1, -0.05) is 18.2 Å². The van der Waals surface area contributed by atoms with Gasteiger partial charge in [-0.2, -0.15) is 0 Å². The lowest BCUT2D eigenvalue weighted by Gasteiger charge is -2.08. The number of anilines is 1. The van der Waals surface area contributed by atoms with Crippen molar-refractivity contribution in [2.75, 3.05) is 5.32 Å². The van der Waals surface area contributed by atoms with Crippen molar-refractivity contribution in [2.45, 2.75) is 25.3 Å². The van der Waals surface area contributed by atoms with Gasteiger partial charge >= 0.3 is 0 Å². The smallest absolute Gasteiger partial charge is 0.233 e. The van der Waals surface area contributed by atoms with Crippen molar-refractivity contribution in [1.29, 1.82) is 0 Å². The number of hydrogen-bond acceptors (Lipinski definition) is 3. The molecule has 2 amide bonds. The zero-order chi connectivity index (χ0) is 16.1. The Morgan fingerprint density at radius 1 is 0.913 bits per heavy atom. The zero-order valence-electron chi connectivity index (χ0n) is 12.6. The summed E-state index contributed by atoms with van der Waals surface area (Å²) >= 11 is 0. The molecule has 0 spiro atoms. The number of benzene rings is 2. The molecular weight excluding hydrogens is 292 g/mol. The zero-order valence-corrected chi connectivity index (χ0v) is 12.6. The van der Waals surface area contributed by atoms with E-state index in [1.165, 1.54) is 0 Å². The van der Waals surface area contributed by atoms with Gasteiger partial charge in [-0.25, -0.2) is 0 Å². The van der Waals surface area contributed by atoms with Gasteiger partial charge in [0.05, 0.1) is 0 Å². The maximum Gasteiger partial charge on any atom is 0.233 e. The predicted molar refractivity (Wildman–Crippen MR) is 87.4 cm³/mol. The van der Waals surface area contributed by atoms with E-state index < -0.39 is 0 Å². The Kier molecular flexibility index (Phi) is 4.57. The quantitative estimate of drug-likeness (QED) is 0.806. The minimum absolute atomic E-state index is 0.154. The minimum Gasteiger partial charge on any atom is -0.457 e. The van der Waals surface area contributed by atoms with Crippen LogP contribution in [0.2, 0.25) is 0 Å². The first-order chi connectivity index (χ1) is 11.2. The molecule has 23 heavy (non-hydrogen) atoms. The van der Waals surface area contributed by atoms with Gasteiger partial charge in [0, 0.05) is 11.7 Å². The maximum absolute atomic E-state index is 11.8. The summed E-state index contributed by atoms with van der Waals surface area (Å²) in [6.45, 7) is 0. The third-order valence-electron chi connectivity index (χ3n) is 3.38. The van der Waals surface area contributed by atoms with E-state index >= 15 is 0 Å². The Hall–Kier alpha value is -2.82. The molecule has 2 aromatic carbocycles. The van der Waals surface area contributed by atoms with E-state index in [4.69, 9.17) is 4.74 Å². The number of carbonyl (C=O) groups is 2. The van der Waals surface area contributed by atoms with Crippen LogP contribution >= 0.6 is 0 Å². The molecule has 1 fully saturated rings. The van der Waals surface area contributed by atoms with Crippen LogP contribution in [0.15, 0.2) is 54.6 Å². The van der Waals surface area contributed by atoms with E-state index in [1.54, 1.807) is 24.3 Å². The van der Waals surface area contributed by atoms with Crippen LogP contribution in [0.1, 0.15) is 19.3 Å². The molecule has 1 aliphatic rings. The number of amides is 2. The van der Waals surface area contributed by atoms with Gasteiger partial charge in [-0.15, -0.1) is 0 Å². The van der Waals surface area contributed by atoms with Crippen molar-refractivity contribution in [3.05, 3.63) is 54.6 Å². The van der Waals surface area contributed by atoms with Gasteiger partial charge in [0.15, 0.2) is 0 Å². The number of ether oxygens (including phenoxy) is 1. The molecule has 0 aliphatic heterocycles. The van der Waals surface area contributed by atoms with E-state index in [-0.39, 0.29) is 24.3 Å². The van der Waals surface area contributed by atoms with Crippen LogP contribution in [-0.4, -0.2) is 17.9 Å². The molecular formula is C18H18N2O3. The second-order valence-corrected chi connectivity index (χ2v) is 5.51. The highest BCUT2D eigenvalue weighted by atomic mass is 16.5. The van der Waals surface area contributed by atoms with Crippen molar-refractivity contribution in [3.8, 4) is 11.5 Å². The minimum atomic E-state index is -0.320. The van der Waals surface area contributed by atoms with E-state index in [9.17, 15) is 9.59 Å². The number of carbonyl (C=O) groups excluding carboxylic acids is 2. The van der Waals surface area contributed by atoms with E-state index in [0.717, 1.165) is 18.6 Å². The van der Waals surface area contributed by atoms with E-state index in [2.05, 4.69) is 10.6 Å². The molecule has 2 N–H and O–H groups in total. The Balaban J connectivity index is 1.50. The Labute approximate surface area is 134 Å².